The van der Waals surface area contributed by atoms with E-state index >= 15 is 0 Å². The van der Waals surface area contributed by atoms with E-state index in [-0.39, 0.29) is 31.0 Å². The monoisotopic (exact) mass is 371 g/mol. The molecule has 1 heterocycles. The van der Waals surface area contributed by atoms with Gasteiger partial charge in [-0.3, -0.25) is 4.79 Å². The molecule has 1 aliphatic rings. The molecule has 0 N–H and O–H groups in total. The molecule has 0 radical (unpaired) electrons. The molecule has 1 atom stereocenters. The van der Waals surface area contributed by atoms with Crippen molar-refractivity contribution in [2.24, 2.45) is 0 Å². The first kappa shape index (κ1) is 19.4. The van der Waals surface area contributed by atoms with Crippen LogP contribution in [0, 0.1) is 19.7 Å². The van der Waals surface area contributed by atoms with Crippen molar-refractivity contribution in [1.82, 2.24) is 4.90 Å². The summed E-state index contributed by atoms with van der Waals surface area (Å²) in [6.07, 6.45) is 1.91. The summed E-state index contributed by atoms with van der Waals surface area (Å²) < 4.78 is 25.5. The summed E-state index contributed by atoms with van der Waals surface area (Å²) >= 11 is 0. The minimum atomic E-state index is -0.307. The lowest BCUT2D eigenvalue weighted by molar-refractivity contribution is -0.135. The number of carbonyl (C=O) groups excluding carboxylic acids is 1. The van der Waals surface area contributed by atoms with Gasteiger partial charge in [-0.1, -0.05) is 30.3 Å². The van der Waals surface area contributed by atoms with Crippen molar-refractivity contribution in [2.75, 3.05) is 19.8 Å². The number of nitrogens with zero attached hydrogens (tertiary/aromatic N) is 1. The van der Waals surface area contributed by atoms with Gasteiger partial charge in [0.1, 0.15) is 11.6 Å². The number of rotatable bonds is 7. The largest absolute Gasteiger partial charge is 0.483 e. The first-order valence-corrected chi connectivity index (χ1v) is 9.36. The molecule has 1 aliphatic heterocycles. The van der Waals surface area contributed by atoms with Gasteiger partial charge in [0, 0.05) is 25.3 Å². The molecular weight excluding hydrogens is 345 g/mol. The summed E-state index contributed by atoms with van der Waals surface area (Å²) in [5.41, 5.74) is 2.63. The quantitative estimate of drug-likeness (QED) is 0.738. The molecule has 1 unspecified atom stereocenters. The Balaban J connectivity index is 1.69. The van der Waals surface area contributed by atoms with Gasteiger partial charge < -0.3 is 14.4 Å². The molecule has 2 aromatic rings. The van der Waals surface area contributed by atoms with Crippen LogP contribution in [0.2, 0.25) is 0 Å². The fraction of sp³-hybridized carbons (Fsp3) is 0.409. The van der Waals surface area contributed by atoms with E-state index in [1.165, 1.54) is 6.07 Å². The van der Waals surface area contributed by atoms with Crippen LogP contribution in [0.15, 0.2) is 42.5 Å². The van der Waals surface area contributed by atoms with Crippen molar-refractivity contribution < 1.29 is 18.7 Å². The lowest BCUT2D eigenvalue weighted by Crippen LogP contribution is -2.39. The van der Waals surface area contributed by atoms with E-state index in [4.69, 9.17) is 9.47 Å². The molecule has 0 bridgehead atoms. The SMILES string of the molecule is Cc1cccc(OCC(=O)N(Cc2ccccc2F)CC2CCCO2)c1C. The summed E-state index contributed by atoms with van der Waals surface area (Å²) in [7, 11) is 0. The van der Waals surface area contributed by atoms with Gasteiger partial charge in [0.2, 0.25) is 0 Å². The highest BCUT2D eigenvalue weighted by molar-refractivity contribution is 5.78. The third kappa shape index (κ3) is 5.07. The second-order valence-electron chi connectivity index (χ2n) is 6.99. The second kappa shape index (κ2) is 9.00. The summed E-state index contributed by atoms with van der Waals surface area (Å²) in [4.78, 5) is 14.5. The van der Waals surface area contributed by atoms with E-state index < -0.39 is 0 Å². The predicted octanol–water partition coefficient (Wildman–Crippen LogP) is 4.03. The molecule has 5 heteroatoms. The van der Waals surface area contributed by atoms with Crippen molar-refractivity contribution in [2.45, 2.75) is 39.3 Å². The molecule has 1 fully saturated rings. The molecule has 2 aromatic carbocycles. The number of amides is 1. The smallest absolute Gasteiger partial charge is 0.260 e. The molecule has 0 aromatic heterocycles. The predicted molar refractivity (Wildman–Crippen MR) is 102 cm³/mol. The highest BCUT2D eigenvalue weighted by Gasteiger charge is 2.24. The zero-order chi connectivity index (χ0) is 19.2. The molecule has 3 rings (SSSR count). The van der Waals surface area contributed by atoms with Crippen LogP contribution >= 0.6 is 0 Å². The van der Waals surface area contributed by atoms with Crippen molar-refractivity contribution in [1.29, 1.82) is 0 Å². The van der Waals surface area contributed by atoms with E-state index in [1.54, 1.807) is 23.1 Å². The number of aryl methyl sites for hydroxylation is 1. The van der Waals surface area contributed by atoms with Gasteiger partial charge in [0.15, 0.2) is 6.61 Å². The Kier molecular flexibility index (Phi) is 6.45. The molecule has 1 saturated heterocycles. The zero-order valence-electron chi connectivity index (χ0n) is 15.9. The minimum Gasteiger partial charge on any atom is -0.483 e. The third-order valence-electron chi connectivity index (χ3n) is 5.03. The molecule has 27 heavy (non-hydrogen) atoms. The maximum absolute atomic E-state index is 14.1. The van der Waals surface area contributed by atoms with E-state index in [0.717, 1.165) is 24.0 Å². The fourth-order valence-electron chi connectivity index (χ4n) is 3.23. The van der Waals surface area contributed by atoms with Crippen LogP contribution in [0.4, 0.5) is 4.39 Å². The Morgan fingerprint density at radius 3 is 2.78 bits per heavy atom. The van der Waals surface area contributed by atoms with Gasteiger partial charge in [-0.2, -0.15) is 0 Å². The first-order chi connectivity index (χ1) is 13.0. The van der Waals surface area contributed by atoms with Gasteiger partial charge in [-0.15, -0.1) is 0 Å². The first-order valence-electron chi connectivity index (χ1n) is 9.36. The molecular formula is C22H26FNO3. The maximum Gasteiger partial charge on any atom is 0.260 e. The molecule has 4 nitrogen and oxygen atoms in total. The Morgan fingerprint density at radius 2 is 2.04 bits per heavy atom. The number of halogens is 1. The molecule has 0 spiro atoms. The third-order valence-corrected chi connectivity index (χ3v) is 5.03. The Bertz CT molecular complexity index is 787. The highest BCUT2D eigenvalue weighted by Crippen LogP contribution is 2.21. The summed E-state index contributed by atoms with van der Waals surface area (Å²) in [6.45, 7) is 5.27. The average Bonchev–Trinajstić information content (AvgIpc) is 3.17. The number of hydrogen-bond acceptors (Lipinski definition) is 3. The topological polar surface area (TPSA) is 38.8 Å². The van der Waals surface area contributed by atoms with E-state index in [1.807, 2.05) is 32.0 Å². The van der Waals surface area contributed by atoms with Gasteiger partial charge in [0.25, 0.3) is 5.91 Å². The summed E-state index contributed by atoms with van der Waals surface area (Å²) in [6, 6.07) is 12.3. The molecule has 144 valence electrons. The van der Waals surface area contributed by atoms with Crippen LogP contribution in [0.5, 0.6) is 5.75 Å². The minimum absolute atomic E-state index is 0.00132. The van der Waals surface area contributed by atoms with Gasteiger partial charge >= 0.3 is 0 Å². The summed E-state index contributed by atoms with van der Waals surface area (Å²) in [5, 5.41) is 0. The normalized spacial score (nSPS) is 16.3. The number of ether oxygens (including phenoxy) is 2. The lowest BCUT2D eigenvalue weighted by atomic mass is 10.1. The van der Waals surface area contributed by atoms with E-state index in [0.29, 0.717) is 24.5 Å². The summed E-state index contributed by atoms with van der Waals surface area (Å²) in [5.74, 6) is 0.221. The van der Waals surface area contributed by atoms with Crippen LogP contribution in [0.3, 0.4) is 0 Å². The highest BCUT2D eigenvalue weighted by atomic mass is 19.1. The average molecular weight is 371 g/mol. The van der Waals surface area contributed by atoms with Crippen LogP contribution < -0.4 is 4.74 Å². The Labute approximate surface area is 159 Å². The van der Waals surface area contributed by atoms with Crippen molar-refractivity contribution >= 4 is 5.91 Å². The van der Waals surface area contributed by atoms with Gasteiger partial charge in [-0.25, -0.2) is 4.39 Å². The number of benzene rings is 2. The molecule has 1 amide bonds. The molecule has 0 saturated carbocycles. The number of carbonyl (C=O) groups is 1. The van der Waals surface area contributed by atoms with E-state index in [2.05, 4.69) is 0 Å². The van der Waals surface area contributed by atoms with Gasteiger partial charge in [0.05, 0.1) is 6.10 Å². The van der Waals surface area contributed by atoms with Gasteiger partial charge in [-0.05, 0) is 49.9 Å². The second-order valence-corrected chi connectivity index (χ2v) is 6.99. The van der Waals surface area contributed by atoms with Crippen molar-refractivity contribution in [3.05, 3.63) is 65.0 Å². The maximum atomic E-state index is 14.1. The standard InChI is InChI=1S/C22H26FNO3/c1-16-7-5-11-21(17(16)2)27-15-22(25)24(14-19-9-6-12-26-19)13-18-8-3-4-10-20(18)23/h3-5,7-8,10-11,19H,6,9,12-15H2,1-2H3. The number of hydrogen-bond donors (Lipinski definition) is 0. The van der Waals surface area contributed by atoms with Crippen LogP contribution in [0.25, 0.3) is 0 Å². The zero-order valence-corrected chi connectivity index (χ0v) is 15.9. The van der Waals surface area contributed by atoms with E-state index in [9.17, 15) is 9.18 Å². The lowest BCUT2D eigenvalue weighted by Gasteiger charge is -2.26. The molecule has 0 aliphatic carbocycles. The van der Waals surface area contributed by atoms with Crippen molar-refractivity contribution in [3.8, 4) is 5.75 Å². The van der Waals surface area contributed by atoms with Crippen LogP contribution in [-0.4, -0.2) is 36.7 Å². The Hall–Kier alpha value is -2.40. The van der Waals surface area contributed by atoms with Crippen molar-refractivity contribution in [3.63, 3.8) is 0 Å². The van der Waals surface area contributed by atoms with Crippen LogP contribution in [-0.2, 0) is 16.1 Å². The van der Waals surface area contributed by atoms with Crippen LogP contribution in [0.1, 0.15) is 29.5 Å². The Morgan fingerprint density at radius 1 is 1.22 bits per heavy atom. The fourth-order valence-corrected chi connectivity index (χ4v) is 3.23.